The van der Waals surface area contributed by atoms with Gasteiger partial charge in [-0.05, 0) is 55.7 Å². The van der Waals surface area contributed by atoms with E-state index in [1.54, 1.807) is 25.3 Å². The highest BCUT2D eigenvalue weighted by Gasteiger charge is 2.25. The van der Waals surface area contributed by atoms with Gasteiger partial charge in [0.2, 0.25) is 5.78 Å². The monoisotopic (exact) mass is 343 g/mol. The van der Waals surface area contributed by atoms with E-state index >= 15 is 0 Å². The van der Waals surface area contributed by atoms with Gasteiger partial charge < -0.3 is 19.9 Å². The van der Waals surface area contributed by atoms with Crippen LogP contribution in [0, 0.1) is 13.8 Å². The molecule has 2 aromatic carbocycles. The van der Waals surface area contributed by atoms with Gasteiger partial charge in [0, 0.05) is 0 Å². The molecule has 5 heteroatoms. The molecule has 2 aromatic rings. The molecule has 0 aliphatic carbocycles. The molecule has 25 heavy (non-hydrogen) atoms. The van der Waals surface area contributed by atoms with E-state index in [0.717, 1.165) is 11.1 Å². The normalized spacial score (nSPS) is 11.7. The second-order valence-electron chi connectivity index (χ2n) is 5.94. The second-order valence-corrected chi connectivity index (χ2v) is 5.94. The zero-order valence-electron chi connectivity index (χ0n) is 15.4. The number of carbonyl (C=O) groups excluding carboxylic acids is 1. The summed E-state index contributed by atoms with van der Waals surface area (Å²) in [6, 6.07) is 8.99. The quantitative estimate of drug-likeness (QED) is 0.609. The lowest BCUT2D eigenvalue weighted by atomic mass is 10.0. The summed E-state index contributed by atoms with van der Waals surface area (Å²) >= 11 is 0. The summed E-state index contributed by atoms with van der Waals surface area (Å²) in [4.78, 5) is 13.0. The maximum absolute atomic E-state index is 13.0. The van der Waals surface area contributed by atoms with Crippen LogP contribution < -0.4 is 19.9 Å². The van der Waals surface area contributed by atoms with Gasteiger partial charge in [0.05, 0.1) is 25.5 Å². The SMILES string of the molecule is CCC(Oc1ccc(C)cc1N)C(=O)c1cc(OC)c(C)cc1OC. The molecule has 0 radical (unpaired) electrons. The molecule has 1 atom stereocenters. The number of Topliss-reactive ketones (excluding diaryl/α,β-unsaturated/α-hetero) is 1. The van der Waals surface area contributed by atoms with Gasteiger partial charge in [-0.1, -0.05) is 13.0 Å². The van der Waals surface area contributed by atoms with Gasteiger partial charge in [0.15, 0.2) is 6.10 Å². The number of methoxy groups -OCH3 is 2. The molecule has 2 N–H and O–H groups in total. The third kappa shape index (κ3) is 4.05. The number of anilines is 1. The Morgan fingerprint density at radius 1 is 1.04 bits per heavy atom. The topological polar surface area (TPSA) is 70.8 Å². The summed E-state index contributed by atoms with van der Waals surface area (Å²) in [5.41, 5.74) is 8.88. The van der Waals surface area contributed by atoms with E-state index in [0.29, 0.717) is 34.9 Å². The fraction of sp³-hybridized carbons (Fsp3) is 0.350. The van der Waals surface area contributed by atoms with Crippen molar-refractivity contribution in [2.45, 2.75) is 33.3 Å². The molecule has 0 fully saturated rings. The average molecular weight is 343 g/mol. The van der Waals surface area contributed by atoms with Gasteiger partial charge in [-0.15, -0.1) is 0 Å². The molecule has 0 aliphatic heterocycles. The number of nitrogen functional groups attached to an aromatic ring is 1. The number of ketones is 1. The average Bonchev–Trinajstić information content (AvgIpc) is 2.60. The van der Waals surface area contributed by atoms with Gasteiger partial charge in [-0.25, -0.2) is 0 Å². The van der Waals surface area contributed by atoms with Crippen molar-refractivity contribution < 1.29 is 19.0 Å². The number of benzene rings is 2. The number of carbonyl (C=O) groups is 1. The van der Waals surface area contributed by atoms with Crippen molar-refractivity contribution in [1.82, 2.24) is 0 Å². The van der Waals surface area contributed by atoms with Gasteiger partial charge in [-0.2, -0.15) is 0 Å². The fourth-order valence-electron chi connectivity index (χ4n) is 2.67. The Hall–Kier alpha value is -2.69. The van der Waals surface area contributed by atoms with E-state index in [2.05, 4.69) is 0 Å². The highest BCUT2D eigenvalue weighted by atomic mass is 16.5. The van der Waals surface area contributed by atoms with Crippen LogP contribution in [0.1, 0.15) is 34.8 Å². The van der Waals surface area contributed by atoms with Gasteiger partial charge >= 0.3 is 0 Å². The van der Waals surface area contributed by atoms with Crippen LogP contribution >= 0.6 is 0 Å². The Kier molecular flexibility index (Phi) is 5.91. The second kappa shape index (κ2) is 7.92. The van der Waals surface area contributed by atoms with Crippen LogP contribution in [0.3, 0.4) is 0 Å². The van der Waals surface area contributed by atoms with Crippen LogP contribution in [0.15, 0.2) is 30.3 Å². The maximum atomic E-state index is 13.0. The molecule has 0 amide bonds. The predicted molar refractivity (Wildman–Crippen MR) is 98.9 cm³/mol. The number of hydrogen-bond acceptors (Lipinski definition) is 5. The van der Waals surface area contributed by atoms with E-state index in [-0.39, 0.29) is 5.78 Å². The molecule has 0 saturated heterocycles. The van der Waals surface area contributed by atoms with Crippen LogP contribution in [0.4, 0.5) is 5.69 Å². The number of rotatable bonds is 7. The first-order valence-corrected chi connectivity index (χ1v) is 8.20. The molecular formula is C20H25NO4. The minimum Gasteiger partial charge on any atom is -0.496 e. The van der Waals surface area contributed by atoms with Gasteiger partial charge in [-0.3, -0.25) is 4.79 Å². The van der Waals surface area contributed by atoms with Crippen LogP contribution in [0.5, 0.6) is 17.2 Å². The number of aryl methyl sites for hydroxylation is 2. The lowest BCUT2D eigenvalue weighted by molar-refractivity contribution is 0.0784. The highest BCUT2D eigenvalue weighted by molar-refractivity contribution is 6.02. The molecular weight excluding hydrogens is 318 g/mol. The van der Waals surface area contributed by atoms with Crippen molar-refractivity contribution in [1.29, 1.82) is 0 Å². The fourth-order valence-corrected chi connectivity index (χ4v) is 2.67. The Balaban J connectivity index is 2.36. The van der Waals surface area contributed by atoms with E-state index in [9.17, 15) is 4.79 Å². The molecule has 0 aromatic heterocycles. The number of ether oxygens (including phenoxy) is 3. The largest absolute Gasteiger partial charge is 0.496 e. The summed E-state index contributed by atoms with van der Waals surface area (Å²) in [5, 5.41) is 0. The third-order valence-corrected chi connectivity index (χ3v) is 4.08. The molecule has 0 aliphatic rings. The lowest BCUT2D eigenvalue weighted by Crippen LogP contribution is -2.27. The summed E-state index contributed by atoms with van der Waals surface area (Å²) in [6.07, 6.45) is -0.155. The summed E-state index contributed by atoms with van der Waals surface area (Å²) in [6.45, 7) is 5.74. The Morgan fingerprint density at radius 2 is 1.72 bits per heavy atom. The number of nitrogens with two attached hydrogens (primary N) is 1. The molecule has 0 saturated carbocycles. The molecule has 1 unspecified atom stereocenters. The first kappa shape index (κ1) is 18.6. The van der Waals surface area contributed by atoms with Crippen LogP contribution in [0.25, 0.3) is 0 Å². The van der Waals surface area contributed by atoms with E-state index in [4.69, 9.17) is 19.9 Å². The maximum Gasteiger partial charge on any atom is 0.207 e. The van der Waals surface area contributed by atoms with Crippen molar-refractivity contribution in [2.24, 2.45) is 0 Å². The number of hydrogen-bond donors (Lipinski definition) is 1. The van der Waals surface area contributed by atoms with Crippen molar-refractivity contribution in [3.63, 3.8) is 0 Å². The Labute approximate surface area is 148 Å². The van der Waals surface area contributed by atoms with Crippen molar-refractivity contribution in [3.8, 4) is 17.2 Å². The highest BCUT2D eigenvalue weighted by Crippen LogP contribution is 2.31. The molecule has 0 spiro atoms. The Morgan fingerprint density at radius 3 is 2.28 bits per heavy atom. The molecule has 2 rings (SSSR count). The minimum absolute atomic E-state index is 0.169. The zero-order chi connectivity index (χ0) is 18.6. The first-order valence-electron chi connectivity index (χ1n) is 8.20. The smallest absolute Gasteiger partial charge is 0.207 e. The summed E-state index contributed by atoms with van der Waals surface area (Å²) in [7, 11) is 3.11. The summed E-state index contributed by atoms with van der Waals surface area (Å²) < 4.78 is 16.6. The van der Waals surface area contributed by atoms with E-state index in [1.807, 2.05) is 32.9 Å². The van der Waals surface area contributed by atoms with E-state index < -0.39 is 6.10 Å². The standard InChI is InChI=1S/C20H25NO4/c1-6-16(25-17-8-7-12(2)9-15(17)21)20(22)14-11-18(23-4)13(3)10-19(14)24-5/h7-11,16H,6,21H2,1-5H3. The van der Waals surface area contributed by atoms with Crippen LogP contribution in [-0.4, -0.2) is 26.1 Å². The van der Waals surface area contributed by atoms with Gasteiger partial charge in [0.1, 0.15) is 17.2 Å². The van der Waals surface area contributed by atoms with Crippen molar-refractivity contribution >= 4 is 11.5 Å². The van der Waals surface area contributed by atoms with Crippen LogP contribution in [0.2, 0.25) is 0 Å². The zero-order valence-corrected chi connectivity index (χ0v) is 15.4. The lowest BCUT2D eigenvalue weighted by Gasteiger charge is -2.20. The molecule has 134 valence electrons. The minimum atomic E-state index is -0.661. The van der Waals surface area contributed by atoms with Crippen molar-refractivity contribution in [3.05, 3.63) is 47.0 Å². The first-order chi connectivity index (χ1) is 11.9. The van der Waals surface area contributed by atoms with E-state index in [1.165, 1.54) is 7.11 Å². The van der Waals surface area contributed by atoms with Gasteiger partial charge in [0.25, 0.3) is 0 Å². The summed E-state index contributed by atoms with van der Waals surface area (Å²) in [5.74, 6) is 1.47. The molecule has 5 nitrogen and oxygen atoms in total. The third-order valence-electron chi connectivity index (χ3n) is 4.08. The van der Waals surface area contributed by atoms with Crippen LogP contribution in [-0.2, 0) is 0 Å². The Bertz CT molecular complexity index is 771. The predicted octanol–water partition coefficient (Wildman–Crippen LogP) is 3.94. The van der Waals surface area contributed by atoms with Crippen molar-refractivity contribution in [2.75, 3.05) is 20.0 Å². The molecule has 0 bridgehead atoms. The molecule has 0 heterocycles.